The van der Waals surface area contributed by atoms with Gasteiger partial charge in [0.15, 0.2) is 0 Å². The summed E-state index contributed by atoms with van der Waals surface area (Å²) in [5, 5.41) is 3.65. The second-order valence-electron chi connectivity index (χ2n) is 8.48. The third-order valence-corrected chi connectivity index (χ3v) is 7.25. The van der Waals surface area contributed by atoms with Crippen molar-refractivity contribution in [2.75, 3.05) is 26.3 Å². The normalized spacial score (nSPS) is 14.9. The largest absolute Gasteiger partial charge is 0.379 e. The maximum absolute atomic E-state index is 13.5. The quantitative estimate of drug-likeness (QED) is 0.435. The molecule has 0 bridgehead atoms. The van der Waals surface area contributed by atoms with E-state index >= 15 is 0 Å². The van der Waals surface area contributed by atoms with E-state index in [-0.39, 0.29) is 5.56 Å². The average molecular weight is 464 g/mol. The Morgan fingerprint density at radius 3 is 2.61 bits per heavy atom. The highest BCUT2D eigenvalue weighted by Crippen LogP contribution is 2.28. The fourth-order valence-corrected chi connectivity index (χ4v) is 5.43. The van der Waals surface area contributed by atoms with E-state index in [4.69, 9.17) is 14.7 Å². The predicted octanol–water partition coefficient (Wildman–Crippen LogP) is 3.84. The number of benzene rings is 1. The number of fused-ring (bicyclic) bond motifs is 1. The molecule has 0 unspecified atom stereocenters. The van der Waals surface area contributed by atoms with Gasteiger partial charge in [0.2, 0.25) is 0 Å². The minimum atomic E-state index is -0.00947. The Balaban J connectivity index is 1.51. The van der Waals surface area contributed by atoms with Crippen LogP contribution in [-0.4, -0.2) is 50.3 Å². The van der Waals surface area contributed by atoms with E-state index in [1.807, 2.05) is 24.3 Å². The highest BCUT2D eigenvalue weighted by atomic mass is 32.1. The Bertz CT molecular complexity index is 1350. The summed E-state index contributed by atoms with van der Waals surface area (Å²) in [6.07, 6.45) is 0. The van der Waals surface area contributed by atoms with Gasteiger partial charge in [0.1, 0.15) is 10.8 Å². The first-order valence-corrected chi connectivity index (χ1v) is 12.3. The van der Waals surface area contributed by atoms with Crippen molar-refractivity contribution in [1.82, 2.24) is 24.0 Å². The second-order valence-corrected chi connectivity index (χ2v) is 9.42. The zero-order valence-corrected chi connectivity index (χ0v) is 20.2. The lowest BCUT2D eigenvalue weighted by Gasteiger charge is -2.27. The van der Waals surface area contributed by atoms with Crippen molar-refractivity contribution in [3.05, 3.63) is 68.3 Å². The molecule has 0 atom stereocenters. The summed E-state index contributed by atoms with van der Waals surface area (Å²) in [6.45, 7) is 11.5. The van der Waals surface area contributed by atoms with Crippen LogP contribution >= 0.6 is 11.3 Å². The molecule has 1 aliphatic heterocycles. The van der Waals surface area contributed by atoms with Crippen molar-refractivity contribution in [1.29, 1.82) is 0 Å². The van der Waals surface area contributed by atoms with Gasteiger partial charge in [-0.25, -0.2) is 9.97 Å². The molecule has 1 fully saturated rings. The molecule has 0 radical (unpaired) electrons. The highest BCUT2D eigenvalue weighted by Gasteiger charge is 2.19. The van der Waals surface area contributed by atoms with Gasteiger partial charge in [0.25, 0.3) is 5.56 Å². The monoisotopic (exact) mass is 463 g/mol. The fraction of sp³-hybridized carbons (Fsp3) is 0.400. The van der Waals surface area contributed by atoms with Crippen LogP contribution in [0.1, 0.15) is 29.1 Å². The van der Waals surface area contributed by atoms with E-state index in [9.17, 15) is 4.79 Å². The first-order chi connectivity index (χ1) is 16.0. The summed E-state index contributed by atoms with van der Waals surface area (Å²) in [4.78, 5) is 25.6. The van der Waals surface area contributed by atoms with Crippen molar-refractivity contribution in [3.63, 3.8) is 0 Å². The first-order valence-electron chi connectivity index (χ1n) is 11.4. The standard InChI is InChI=1S/C25H29N5O2S/c1-4-29-17(2)13-20(18(29)3)22-16-33-24(27-22)15-30-23(14-28-9-11-32-12-10-28)26-21-8-6-5-7-19(21)25(30)31/h5-8,13,16H,4,9-12,14-15H2,1-3H3. The molecule has 0 amide bonds. The van der Waals surface area contributed by atoms with E-state index in [1.165, 1.54) is 11.4 Å². The number of aryl methyl sites for hydroxylation is 1. The molecule has 0 aliphatic carbocycles. The Hall–Kier alpha value is -2.81. The molecular weight excluding hydrogens is 434 g/mol. The number of ether oxygens (including phenoxy) is 1. The van der Waals surface area contributed by atoms with Crippen LogP contribution in [0.5, 0.6) is 0 Å². The lowest BCUT2D eigenvalue weighted by molar-refractivity contribution is 0.0325. The third-order valence-electron chi connectivity index (χ3n) is 6.42. The van der Waals surface area contributed by atoms with Crippen molar-refractivity contribution >= 4 is 22.2 Å². The van der Waals surface area contributed by atoms with Crippen LogP contribution in [0.25, 0.3) is 22.2 Å². The molecule has 5 rings (SSSR count). The molecule has 1 aromatic carbocycles. The molecule has 1 saturated heterocycles. The number of hydrogen-bond donors (Lipinski definition) is 0. The molecule has 3 aromatic heterocycles. The predicted molar refractivity (Wildman–Crippen MR) is 132 cm³/mol. The summed E-state index contributed by atoms with van der Waals surface area (Å²) >= 11 is 1.60. The maximum Gasteiger partial charge on any atom is 0.261 e. The SMILES string of the molecule is CCn1c(C)cc(-c2csc(Cn3c(CN4CCOCC4)nc4ccccc4c3=O)n2)c1C. The minimum Gasteiger partial charge on any atom is -0.379 e. The Kier molecular flexibility index (Phi) is 6.14. The van der Waals surface area contributed by atoms with Crippen LogP contribution in [0.2, 0.25) is 0 Å². The molecule has 0 N–H and O–H groups in total. The summed E-state index contributed by atoms with van der Waals surface area (Å²) in [6, 6.07) is 9.78. The average Bonchev–Trinajstić information content (AvgIpc) is 3.40. The number of aromatic nitrogens is 4. The number of rotatable bonds is 6. The van der Waals surface area contributed by atoms with Crippen LogP contribution in [0, 0.1) is 13.8 Å². The Morgan fingerprint density at radius 1 is 1.06 bits per heavy atom. The van der Waals surface area contributed by atoms with E-state index in [2.05, 4.69) is 41.7 Å². The van der Waals surface area contributed by atoms with Gasteiger partial charge in [-0.15, -0.1) is 11.3 Å². The summed E-state index contributed by atoms with van der Waals surface area (Å²) in [7, 11) is 0. The number of para-hydroxylation sites is 1. The molecule has 1 aliphatic rings. The summed E-state index contributed by atoms with van der Waals surface area (Å²) in [5.41, 5.74) is 5.33. The minimum absolute atomic E-state index is 0.00947. The van der Waals surface area contributed by atoms with Crippen molar-refractivity contribution < 1.29 is 4.74 Å². The lowest BCUT2D eigenvalue weighted by atomic mass is 10.2. The molecule has 172 valence electrons. The van der Waals surface area contributed by atoms with Gasteiger partial charge in [-0.2, -0.15) is 0 Å². The van der Waals surface area contributed by atoms with Crippen LogP contribution in [0.15, 0.2) is 40.5 Å². The van der Waals surface area contributed by atoms with E-state index < -0.39 is 0 Å². The van der Waals surface area contributed by atoms with E-state index in [0.717, 1.165) is 47.2 Å². The smallest absolute Gasteiger partial charge is 0.261 e. The number of nitrogens with zero attached hydrogens (tertiary/aromatic N) is 5. The Morgan fingerprint density at radius 2 is 1.85 bits per heavy atom. The first kappa shape index (κ1) is 22.0. The van der Waals surface area contributed by atoms with Gasteiger partial charge >= 0.3 is 0 Å². The molecular formula is C25H29N5O2S. The van der Waals surface area contributed by atoms with Crippen LogP contribution < -0.4 is 5.56 Å². The van der Waals surface area contributed by atoms with Crippen molar-refractivity contribution in [2.24, 2.45) is 0 Å². The number of hydrogen-bond acceptors (Lipinski definition) is 6. The van der Waals surface area contributed by atoms with Crippen molar-refractivity contribution in [2.45, 2.75) is 40.4 Å². The molecule has 7 nitrogen and oxygen atoms in total. The van der Waals surface area contributed by atoms with Crippen molar-refractivity contribution in [3.8, 4) is 11.3 Å². The molecule has 8 heteroatoms. The van der Waals surface area contributed by atoms with Gasteiger partial charge in [-0.05, 0) is 39.0 Å². The second kappa shape index (κ2) is 9.21. The zero-order valence-electron chi connectivity index (χ0n) is 19.4. The van der Waals surface area contributed by atoms with Gasteiger partial charge < -0.3 is 9.30 Å². The van der Waals surface area contributed by atoms with Gasteiger partial charge in [0.05, 0.1) is 42.9 Å². The van der Waals surface area contributed by atoms with E-state index in [1.54, 1.807) is 15.9 Å². The molecule has 4 aromatic rings. The van der Waals surface area contributed by atoms with Crippen LogP contribution in [0.3, 0.4) is 0 Å². The van der Waals surface area contributed by atoms with Gasteiger partial charge in [-0.1, -0.05) is 12.1 Å². The molecule has 0 saturated carbocycles. The Labute approximate surface area is 197 Å². The van der Waals surface area contributed by atoms with E-state index in [0.29, 0.717) is 31.7 Å². The summed E-state index contributed by atoms with van der Waals surface area (Å²) in [5.74, 6) is 0.779. The molecule has 33 heavy (non-hydrogen) atoms. The molecule has 0 spiro atoms. The summed E-state index contributed by atoms with van der Waals surface area (Å²) < 4.78 is 9.59. The maximum atomic E-state index is 13.5. The van der Waals surface area contributed by atoms with Crippen LogP contribution in [0.4, 0.5) is 0 Å². The van der Waals surface area contributed by atoms with Gasteiger partial charge in [0, 0.05) is 42.0 Å². The zero-order chi connectivity index (χ0) is 22.9. The fourth-order valence-electron chi connectivity index (χ4n) is 4.65. The third kappa shape index (κ3) is 4.26. The lowest BCUT2D eigenvalue weighted by Crippen LogP contribution is -2.38. The topological polar surface area (TPSA) is 65.2 Å². The van der Waals surface area contributed by atoms with Crippen LogP contribution in [-0.2, 0) is 24.4 Å². The molecule has 4 heterocycles. The number of morpholine rings is 1. The van der Waals surface area contributed by atoms with Gasteiger partial charge in [-0.3, -0.25) is 14.3 Å². The number of thiazole rings is 1. The highest BCUT2D eigenvalue weighted by molar-refractivity contribution is 7.09.